The number of aromatic nitrogens is 1. The Bertz CT molecular complexity index is 1300. The molecule has 2 saturated heterocycles. The lowest BCUT2D eigenvalue weighted by molar-refractivity contribution is -0.384. The molecule has 11 heteroatoms. The van der Waals surface area contributed by atoms with E-state index in [9.17, 15) is 19.7 Å². The van der Waals surface area contributed by atoms with E-state index in [-0.39, 0.29) is 28.7 Å². The molecule has 2 fully saturated rings. The first kappa shape index (κ1) is 27.6. The maximum atomic E-state index is 13.3. The highest BCUT2D eigenvalue weighted by atomic mass is 32.2. The van der Waals surface area contributed by atoms with Crippen LogP contribution in [0.2, 0.25) is 0 Å². The van der Waals surface area contributed by atoms with Crippen LogP contribution in [0.15, 0.2) is 79.1 Å². The zero-order chi connectivity index (χ0) is 27.9. The number of pyridine rings is 1. The van der Waals surface area contributed by atoms with Gasteiger partial charge in [-0.2, -0.15) is 0 Å². The average Bonchev–Trinajstić information content (AvgIpc) is 3.39. The summed E-state index contributed by atoms with van der Waals surface area (Å²) in [4.78, 5) is 47.1. The number of piperazine rings is 1. The quantitative estimate of drug-likeness (QED) is 0.291. The molecular weight excluding hydrogens is 530 g/mol. The fourth-order valence-electron chi connectivity index (χ4n) is 5.13. The first-order valence-corrected chi connectivity index (χ1v) is 14.1. The van der Waals surface area contributed by atoms with Crippen molar-refractivity contribution in [2.24, 2.45) is 0 Å². The molecule has 0 aliphatic carbocycles. The van der Waals surface area contributed by atoms with Crippen LogP contribution in [0, 0.1) is 10.1 Å². The van der Waals surface area contributed by atoms with Crippen molar-refractivity contribution in [3.63, 3.8) is 0 Å². The summed E-state index contributed by atoms with van der Waals surface area (Å²) in [5.41, 5.74) is 2.46. The molecule has 1 amide bonds. The van der Waals surface area contributed by atoms with Crippen LogP contribution in [-0.2, 0) is 11.3 Å². The number of thioether (sulfide) groups is 1. The maximum Gasteiger partial charge on any atom is 0.410 e. The van der Waals surface area contributed by atoms with E-state index < -0.39 is 11.0 Å². The Morgan fingerprint density at radius 1 is 0.975 bits per heavy atom. The first-order valence-electron chi connectivity index (χ1n) is 13.3. The normalized spacial score (nSPS) is 19.4. The SMILES string of the molecule is O=C(S[C@H]1C[C@@H](CN2CCN(c3ccncc3)CC2)N(C(=O)OCc2ccc([N+](=O)[O-])cc2)C1)c1ccccc1. The predicted octanol–water partition coefficient (Wildman–Crippen LogP) is 4.47. The average molecular weight is 562 g/mol. The van der Waals surface area contributed by atoms with Crippen molar-refractivity contribution in [3.05, 3.63) is 100 Å². The Balaban J connectivity index is 1.21. The fraction of sp³-hybridized carbons (Fsp3) is 0.345. The molecule has 1 aromatic heterocycles. The molecule has 0 saturated carbocycles. The van der Waals surface area contributed by atoms with E-state index in [2.05, 4.69) is 14.8 Å². The number of non-ortho nitro benzene ring substituents is 1. The van der Waals surface area contributed by atoms with Gasteiger partial charge in [0.25, 0.3) is 5.69 Å². The van der Waals surface area contributed by atoms with Crippen LogP contribution in [0.3, 0.4) is 0 Å². The van der Waals surface area contributed by atoms with Gasteiger partial charge >= 0.3 is 6.09 Å². The van der Waals surface area contributed by atoms with E-state index in [4.69, 9.17) is 4.74 Å². The van der Waals surface area contributed by atoms with E-state index in [0.717, 1.165) is 31.9 Å². The molecule has 0 N–H and O–H groups in total. The minimum Gasteiger partial charge on any atom is -0.445 e. The number of nitrogens with zero attached hydrogens (tertiary/aromatic N) is 5. The lowest BCUT2D eigenvalue weighted by atomic mass is 10.2. The third-order valence-corrected chi connectivity index (χ3v) is 8.40. The molecule has 10 nitrogen and oxygen atoms in total. The largest absolute Gasteiger partial charge is 0.445 e. The third-order valence-electron chi connectivity index (χ3n) is 7.27. The number of carbonyl (C=O) groups is 2. The molecule has 0 radical (unpaired) electrons. The van der Waals surface area contributed by atoms with Crippen molar-refractivity contribution in [1.29, 1.82) is 0 Å². The van der Waals surface area contributed by atoms with Crippen molar-refractivity contribution in [1.82, 2.24) is 14.8 Å². The molecule has 2 atom stereocenters. The molecule has 0 bridgehead atoms. The number of rotatable bonds is 8. The van der Waals surface area contributed by atoms with Gasteiger partial charge in [0.15, 0.2) is 0 Å². The predicted molar refractivity (Wildman–Crippen MR) is 153 cm³/mol. The zero-order valence-electron chi connectivity index (χ0n) is 22.0. The molecule has 0 unspecified atom stereocenters. The summed E-state index contributed by atoms with van der Waals surface area (Å²) >= 11 is 1.28. The number of nitro benzene ring substituents is 1. The van der Waals surface area contributed by atoms with Crippen molar-refractivity contribution in [3.8, 4) is 0 Å². The monoisotopic (exact) mass is 561 g/mol. The van der Waals surface area contributed by atoms with Gasteiger partial charge in [-0.1, -0.05) is 42.1 Å². The lowest BCUT2D eigenvalue weighted by Gasteiger charge is -2.38. The Morgan fingerprint density at radius 3 is 2.35 bits per heavy atom. The van der Waals surface area contributed by atoms with Gasteiger partial charge in [-0.15, -0.1) is 0 Å². The van der Waals surface area contributed by atoms with Crippen LogP contribution in [0.1, 0.15) is 22.3 Å². The fourth-order valence-corrected chi connectivity index (χ4v) is 6.26. The van der Waals surface area contributed by atoms with Gasteiger partial charge < -0.3 is 14.5 Å². The number of hydrogen-bond acceptors (Lipinski definition) is 9. The number of amides is 1. The summed E-state index contributed by atoms with van der Waals surface area (Å²) < 4.78 is 5.63. The van der Waals surface area contributed by atoms with E-state index in [1.165, 1.54) is 23.9 Å². The molecule has 40 heavy (non-hydrogen) atoms. The minimum absolute atomic E-state index is 0.00332. The number of nitro groups is 1. The van der Waals surface area contributed by atoms with Gasteiger partial charge in [0, 0.05) is 86.3 Å². The summed E-state index contributed by atoms with van der Waals surface area (Å²) in [6, 6.07) is 19.1. The molecular formula is C29H31N5O5S. The molecule has 5 rings (SSSR count). The second kappa shape index (κ2) is 12.9. The number of likely N-dealkylation sites (tertiary alicyclic amines) is 1. The molecule has 3 aromatic rings. The molecule has 2 aromatic carbocycles. The Hall–Kier alpha value is -3.96. The van der Waals surface area contributed by atoms with Gasteiger partial charge in [0.2, 0.25) is 5.12 Å². The van der Waals surface area contributed by atoms with Crippen LogP contribution in [0.5, 0.6) is 0 Å². The summed E-state index contributed by atoms with van der Waals surface area (Å²) in [6.45, 7) is 4.64. The highest BCUT2D eigenvalue weighted by Crippen LogP contribution is 2.31. The van der Waals surface area contributed by atoms with Gasteiger partial charge in [0.05, 0.1) is 4.92 Å². The Labute approximate surface area is 237 Å². The van der Waals surface area contributed by atoms with Crippen LogP contribution in [0.4, 0.5) is 16.2 Å². The number of benzene rings is 2. The van der Waals surface area contributed by atoms with Crippen LogP contribution >= 0.6 is 11.8 Å². The highest BCUT2D eigenvalue weighted by molar-refractivity contribution is 8.14. The molecule has 0 spiro atoms. The number of hydrogen-bond donors (Lipinski definition) is 0. The zero-order valence-corrected chi connectivity index (χ0v) is 22.8. The van der Waals surface area contributed by atoms with Gasteiger partial charge in [-0.3, -0.25) is 24.8 Å². The van der Waals surface area contributed by atoms with E-state index in [0.29, 0.717) is 30.6 Å². The topological polar surface area (TPSA) is 109 Å². The molecule has 2 aliphatic rings. The first-order chi connectivity index (χ1) is 19.5. The Morgan fingerprint density at radius 2 is 1.68 bits per heavy atom. The van der Waals surface area contributed by atoms with Crippen molar-refractivity contribution >= 4 is 34.3 Å². The summed E-state index contributed by atoms with van der Waals surface area (Å²) in [5.74, 6) is 0. The smallest absolute Gasteiger partial charge is 0.410 e. The minimum atomic E-state index is -0.462. The second-order valence-electron chi connectivity index (χ2n) is 9.91. The van der Waals surface area contributed by atoms with Crippen molar-refractivity contribution in [2.75, 3.05) is 44.2 Å². The number of anilines is 1. The van der Waals surface area contributed by atoms with Crippen LogP contribution in [-0.4, -0.2) is 81.5 Å². The maximum absolute atomic E-state index is 13.3. The van der Waals surface area contributed by atoms with E-state index in [1.54, 1.807) is 41.6 Å². The van der Waals surface area contributed by atoms with Gasteiger partial charge in [0.1, 0.15) is 6.61 Å². The summed E-state index contributed by atoms with van der Waals surface area (Å²) in [7, 11) is 0. The van der Waals surface area contributed by atoms with Crippen LogP contribution < -0.4 is 4.90 Å². The number of ether oxygens (including phenoxy) is 1. The second-order valence-corrected chi connectivity index (χ2v) is 11.2. The van der Waals surface area contributed by atoms with Gasteiger partial charge in [-0.25, -0.2) is 4.79 Å². The van der Waals surface area contributed by atoms with Gasteiger partial charge in [-0.05, 0) is 36.2 Å². The summed E-state index contributed by atoms with van der Waals surface area (Å²) in [6.07, 6.45) is 3.86. The molecule has 208 valence electrons. The van der Waals surface area contributed by atoms with E-state index >= 15 is 0 Å². The molecule has 2 aliphatic heterocycles. The standard InChI is InChI=1S/C29H31N5O5S/c35-28(23-4-2-1-3-5-23)40-27-18-26(19-31-14-16-32(17-15-31)24-10-12-30-13-11-24)33(20-27)29(36)39-21-22-6-8-25(9-7-22)34(37)38/h1-13,26-27H,14-21H2/t26-,27-/m0/s1. The van der Waals surface area contributed by atoms with Crippen LogP contribution in [0.25, 0.3) is 0 Å². The summed E-state index contributed by atoms with van der Waals surface area (Å²) in [5, 5.41) is 10.9. The van der Waals surface area contributed by atoms with E-state index in [1.807, 2.05) is 30.3 Å². The van der Waals surface area contributed by atoms with Crippen molar-refractivity contribution in [2.45, 2.75) is 24.3 Å². The molecule has 3 heterocycles. The Kier molecular flexibility index (Phi) is 8.92. The lowest BCUT2D eigenvalue weighted by Crippen LogP contribution is -2.51. The third kappa shape index (κ3) is 6.97. The van der Waals surface area contributed by atoms with Crippen molar-refractivity contribution < 1.29 is 19.2 Å². The highest BCUT2D eigenvalue weighted by Gasteiger charge is 2.39. The number of carbonyl (C=O) groups excluding carboxylic acids is 2.